The van der Waals surface area contributed by atoms with Crippen LogP contribution in [0.1, 0.15) is 34.5 Å². The number of para-hydroxylation sites is 1. The van der Waals surface area contributed by atoms with Gasteiger partial charge in [-0.3, -0.25) is 9.48 Å². The zero-order valence-corrected chi connectivity index (χ0v) is 18.0. The molecule has 4 aromatic rings. The van der Waals surface area contributed by atoms with Crippen molar-refractivity contribution in [1.82, 2.24) is 24.9 Å². The highest BCUT2D eigenvalue weighted by atomic mass is 16.1. The van der Waals surface area contributed by atoms with Gasteiger partial charge in [0.05, 0.1) is 24.1 Å². The van der Waals surface area contributed by atoms with Gasteiger partial charge in [-0.05, 0) is 43.5 Å². The first kappa shape index (κ1) is 20.6. The minimum Gasteiger partial charge on any atom is -0.352 e. The first-order valence-corrected chi connectivity index (χ1v) is 10.5. The monoisotopic (exact) mass is 413 g/mol. The van der Waals surface area contributed by atoms with E-state index >= 15 is 0 Å². The molecular formula is C25H27N5O. The molecule has 0 aliphatic carbocycles. The number of hydrogen-bond donors (Lipinski definition) is 1. The molecule has 0 bridgehead atoms. The van der Waals surface area contributed by atoms with E-state index in [0.717, 1.165) is 34.7 Å². The summed E-state index contributed by atoms with van der Waals surface area (Å²) in [5.74, 6) is 0.0297. The van der Waals surface area contributed by atoms with Gasteiger partial charge in [0.15, 0.2) is 0 Å². The molecule has 2 heterocycles. The van der Waals surface area contributed by atoms with E-state index in [1.807, 2.05) is 77.2 Å². The third kappa shape index (κ3) is 5.09. The number of nitrogens with one attached hydrogen (secondary N) is 1. The Bertz CT molecular complexity index is 1150. The van der Waals surface area contributed by atoms with Crippen molar-refractivity contribution in [1.29, 1.82) is 0 Å². The van der Waals surface area contributed by atoms with Crippen LogP contribution in [0.3, 0.4) is 0 Å². The van der Waals surface area contributed by atoms with Gasteiger partial charge < -0.3 is 5.32 Å². The smallest absolute Gasteiger partial charge is 0.220 e. The van der Waals surface area contributed by atoms with E-state index in [1.54, 1.807) is 0 Å². The summed E-state index contributed by atoms with van der Waals surface area (Å²) in [6, 6.07) is 20.2. The fraction of sp³-hybridized carbons (Fsp3) is 0.240. The van der Waals surface area contributed by atoms with Gasteiger partial charge in [0.1, 0.15) is 0 Å². The zero-order valence-electron chi connectivity index (χ0n) is 18.0. The van der Waals surface area contributed by atoms with Gasteiger partial charge in [0, 0.05) is 30.4 Å². The summed E-state index contributed by atoms with van der Waals surface area (Å²) in [5, 5.41) is 12.1. The summed E-state index contributed by atoms with van der Waals surface area (Å²) >= 11 is 0. The first-order valence-electron chi connectivity index (χ1n) is 10.5. The Morgan fingerprint density at radius 3 is 2.42 bits per heavy atom. The first-order chi connectivity index (χ1) is 15.1. The van der Waals surface area contributed by atoms with Gasteiger partial charge >= 0.3 is 0 Å². The third-order valence-electron chi connectivity index (χ3n) is 5.47. The second-order valence-corrected chi connectivity index (χ2v) is 7.70. The molecule has 0 radical (unpaired) electrons. The standard InChI is InChI=1S/C25H27N5O/c1-19-24(20(2)29(28-19)17-21-9-5-3-6-10-21)16-26-25(31)14-13-22-15-27-30(18-22)23-11-7-4-8-12-23/h3-12,15,18H,13-14,16-17H2,1-2H3,(H,26,31). The molecule has 0 atom stereocenters. The summed E-state index contributed by atoms with van der Waals surface area (Å²) in [4.78, 5) is 12.4. The SMILES string of the molecule is Cc1nn(Cc2ccccc2)c(C)c1CNC(=O)CCc1cnn(-c2ccccc2)c1. The summed E-state index contributed by atoms with van der Waals surface area (Å²) in [6.45, 7) is 5.28. The molecule has 1 amide bonds. The van der Waals surface area contributed by atoms with Crippen molar-refractivity contribution in [2.45, 2.75) is 39.8 Å². The maximum atomic E-state index is 12.4. The van der Waals surface area contributed by atoms with Gasteiger partial charge in [-0.2, -0.15) is 10.2 Å². The lowest BCUT2D eigenvalue weighted by atomic mass is 10.1. The van der Waals surface area contributed by atoms with Crippen molar-refractivity contribution in [3.63, 3.8) is 0 Å². The molecule has 0 unspecified atom stereocenters. The minimum atomic E-state index is 0.0297. The predicted molar refractivity (Wildman–Crippen MR) is 121 cm³/mol. The largest absolute Gasteiger partial charge is 0.352 e. The Balaban J connectivity index is 1.31. The van der Waals surface area contributed by atoms with Gasteiger partial charge in [-0.1, -0.05) is 48.5 Å². The number of aryl methyl sites for hydroxylation is 2. The molecule has 2 aromatic heterocycles. The van der Waals surface area contributed by atoms with E-state index in [-0.39, 0.29) is 5.91 Å². The highest BCUT2D eigenvalue weighted by molar-refractivity contribution is 5.76. The molecule has 31 heavy (non-hydrogen) atoms. The van der Waals surface area contributed by atoms with E-state index in [1.165, 1.54) is 5.56 Å². The molecule has 2 aromatic carbocycles. The predicted octanol–water partition coefficient (Wildman–Crippen LogP) is 3.98. The van der Waals surface area contributed by atoms with Crippen molar-refractivity contribution in [3.8, 4) is 5.69 Å². The van der Waals surface area contributed by atoms with Gasteiger partial charge in [0.25, 0.3) is 0 Å². The van der Waals surface area contributed by atoms with Crippen LogP contribution >= 0.6 is 0 Å². The quantitative estimate of drug-likeness (QED) is 0.475. The van der Waals surface area contributed by atoms with Crippen LogP contribution in [0.25, 0.3) is 5.69 Å². The van der Waals surface area contributed by atoms with E-state index in [2.05, 4.69) is 34.6 Å². The summed E-state index contributed by atoms with van der Waals surface area (Å²) in [6.07, 6.45) is 4.88. The highest BCUT2D eigenvalue weighted by Gasteiger charge is 2.13. The van der Waals surface area contributed by atoms with Crippen molar-refractivity contribution in [2.24, 2.45) is 0 Å². The Morgan fingerprint density at radius 1 is 0.968 bits per heavy atom. The number of carbonyl (C=O) groups excluding carboxylic acids is 1. The van der Waals surface area contributed by atoms with Crippen molar-refractivity contribution >= 4 is 5.91 Å². The Labute approximate surface area is 182 Å². The fourth-order valence-electron chi connectivity index (χ4n) is 3.64. The average Bonchev–Trinajstić information content (AvgIpc) is 3.37. The number of rotatable bonds is 8. The maximum absolute atomic E-state index is 12.4. The van der Waals surface area contributed by atoms with Crippen LogP contribution in [0.2, 0.25) is 0 Å². The van der Waals surface area contributed by atoms with Crippen LogP contribution in [0.4, 0.5) is 0 Å². The van der Waals surface area contributed by atoms with Crippen molar-refractivity contribution in [2.75, 3.05) is 0 Å². The van der Waals surface area contributed by atoms with E-state index in [9.17, 15) is 4.79 Å². The number of hydrogen-bond acceptors (Lipinski definition) is 3. The molecule has 158 valence electrons. The van der Waals surface area contributed by atoms with Crippen LogP contribution in [-0.4, -0.2) is 25.5 Å². The average molecular weight is 414 g/mol. The molecule has 4 rings (SSSR count). The van der Waals surface area contributed by atoms with E-state index in [4.69, 9.17) is 0 Å². The Kier molecular flexibility index (Phi) is 6.26. The molecule has 0 fully saturated rings. The molecule has 1 N–H and O–H groups in total. The second-order valence-electron chi connectivity index (χ2n) is 7.70. The summed E-state index contributed by atoms with van der Waals surface area (Å²) < 4.78 is 3.84. The van der Waals surface area contributed by atoms with Crippen molar-refractivity contribution < 1.29 is 4.79 Å². The molecule has 0 saturated heterocycles. The lowest BCUT2D eigenvalue weighted by molar-refractivity contribution is -0.121. The molecule has 6 nitrogen and oxygen atoms in total. The van der Waals surface area contributed by atoms with Crippen LogP contribution in [0.15, 0.2) is 73.1 Å². The molecular weight excluding hydrogens is 386 g/mol. The van der Waals surface area contributed by atoms with Gasteiger partial charge in [0.2, 0.25) is 5.91 Å². The summed E-state index contributed by atoms with van der Waals surface area (Å²) in [5.41, 5.74) is 6.39. The normalized spacial score (nSPS) is 10.9. The molecule has 0 aliphatic heterocycles. The topological polar surface area (TPSA) is 64.7 Å². The maximum Gasteiger partial charge on any atom is 0.220 e. The van der Waals surface area contributed by atoms with Crippen LogP contribution in [0, 0.1) is 13.8 Å². The minimum absolute atomic E-state index is 0.0297. The van der Waals surface area contributed by atoms with E-state index < -0.39 is 0 Å². The Morgan fingerprint density at radius 2 is 1.68 bits per heavy atom. The highest BCUT2D eigenvalue weighted by Crippen LogP contribution is 2.15. The number of benzene rings is 2. The third-order valence-corrected chi connectivity index (χ3v) is 5.47. The molecule has 6 heteroatoms. The number of aromatic nitrogens is 4. The van der Waals surface area contributed by atoms with Crippen LogP contribution in [-0.2, 0) is 24.3 Å². The van der Waals surface area contributed by atoms with E-state index in [0.29, 0.717) is 19.4 Å². The molecule has 0 spiro atoms. The number of carbonyl (C=O) groups is 1. The van der Waals surface area contributed by atoms with Crippen LogP contribution in [0.5, 0.6) is 0 Å². The van der Waals surface area contributed by atoms with Crippen LogP contribution < -0.4 is 5.32 Å². The fourth-order valence-corrected chi connectivity index (χ4v) is 3.64. The Hall–Kier alpha value is -3.67. The van der Waals surface area contributed by atoms with Gasteiger partial charge in [-0.15, -0.1) is 0 Å². The number of nitrogens with zero attached hydrogens (tertiary/aromatic N) is 4. The molecule has 0 aliphatic rings. The van der Waals surface area contributed by atoms with Gasteiger partial charge in [-0.25, -0.2) is 4.68 Å². The lowest BCUT2D eigenvalue weighted by Crippen LogP contribution is -2.23. The molecule has 0 saturated carbocycles. The second kappa shape index (κ2) is 9.43. The summed E-state index contributed by atoms with van der Waals surface area (Å²) in [7, 11) is 0. The lowest BCUT2D eigenvalue weighted by Gasteiger charge is -2.07. The zero-order chi connectivity index (χ0) is 21.6. The van der Waals surface area contributed by atoms with Crippen molar-refractivity contribution in [3.05, 3.63) is 101 Å². The number of amides is 1.